The number of nitrogens with zero attached hydrogens (tertiary/aromatic N) is 5. The highest BCUT2D eigenvalue weighted by Gasteiger charge is 2.24. The number of rotatable bonds is 8. The minimum Gasteiger partial charge on any atom is -0.490 e. The number of aryl methyl sites for hydroxylation is 1. The molecule has 0 saturated carbocycles. The summed E-state index contributed by atoms with van der Waals surface area (Å²) in [5.41, 5.74) is 0.640. The molecule has 2 heterocycles. The van der Waals surface area contributed by atoms with Gasteiger partial charge in [0.2, 0.25) is 5.75 Å². The number of hydrogen-bond acceptors (Lipinski definition) is 9. The average molecular weight is 470 g/mol. The number of hydrogen-bond donors (Lipinski definition) is 1. The second-order valence-corrected chi connectivity index (χ2v) is 8.33. The number of anilines is 1. The highest BCUT2D eigenvalue weighted by atomic mass is 16.6. The van der Waals surface area contributed by atoms with Crippen LogP contribution in [0.3, 0.4) is 0 Å². The zero-order chi connectivity index (χ0) is 24.9. The molecule has 0 aliphatic carbocycles. The molecule has 12 heteroatoms. The summed E-state index contributed by atoms with van der Waals surface area (Å²) in [6.45, 7) is 5.48. The Labute approximate surface area is 196 Å². The number of benzene rings is 1. The quantitative estimate of drug-likeness (QED) is 0.383. The molecule has 12 nitrogen and oxygen atoms in total. The van der Waals surface area contributed by atoms with Crippen molar-refractivity contribution in [3.05, 3.63) is 58.0 Å². The molecule has 0 aliphatic heterocycles. The number of aromatic nitrogens is 4. The van der Waals surface area contributed by atoms with Gasteiger partial charge in [-0.1, -0.05) is 6.07 Å². The van der Waals surface area contributed by atoms with Gasteiger partial charge in [-0.05, 0) is 44.5 Å². The lowest BCUT2D eigenvalue weighted by molar-refractivity contribution is -0.385. The van der Waals surface area contributed by atoms with Gasteiger partial charge in [0.25, 0.3) is 0 Å². The molecule has 1 N–H and O–H groups in total. The maximum absolute atomic E-state index is 11.9. The molecule has 3 aromatic rings. The molecule has 0 atom stereocenters. The van der Waals surface area contributed by atoms with Gasteiger partial charge in [0.1, 0.15) is 17.7 Å². The van der Waals surface area contributed by atoms with E-state index in [-0.39, 0.29) is 24.7 Å². The lowest BCUT2D eigenvalue weighted by Gasteiger charge is -2.19. The van der Waals surface area contributed by atoms with Crippen molar-refractivity contribution in [2.45, 2.75) is 39.6 Å². The van der Waals surface area contributed by atoms with Gasteiger partial charge in [0, 0.05) is 13.1 Å². The Balaban J connectivity index is 1.73. The first-order valence-electron chi connectivity index (χ1n) is 10.3. The van der Waals surface area contributed by atoms with Gasteiger partial charge >= 0.3 is 11.8 Å². The van der Waals surface area contributed by atoms with E-state index in [0.29, 0.717) is 28.5 Å². The molecule has 3 rings (SSSR count). The molecule has 2 aromatic heterocycles. The predicted molar refractivity (Wildman–Crippen MR) is 122 cm³/mol. The summed E-state index contributed by atoms with van der Waals surface area (Å²) in [7, 11) is 3.05. The minimum atomic E-state index is -0.630. The summed E-state index contributed by atoms with van der Waals surface area (Å²) in [5.74, 6) is 0.688. The Bertz CT molecular complexity index is 1190. The number of ether oxygens (including phenoxy) is 3. The van der Waals surface area contributed by atoms with Crippen molar-refractivity contribution in [2.75, 3.05) is 12.4 Å². The van der Waals surface area contributed by atoms with Gasteiger partial charge in [0.15, 0.2) is 5.82 Å². The lowest BCUT2D eigenvalue weighted by atomic mass is 10.1. The topological polar surface area (TPSA) is 144 Å². The van der Waals surface area contributed by atoms with Crippen LogP contribution >= 0.6 is 0 Å². The van der Waals surface area contributed by atoms with Crippen LogP contribution in [0.5, 0.6) is 5.75 Å². The van der Waals surface area contributed by atoms with Crippen molar-refractivity contribution < 1.29 is 23.9 Å². The van der Waals surface area contributed by atoms with Crippen LogP contribution in [0.4, 0.5) is 16.3 Å². The number of amides is 1. The summed E-state index contributed by atoms with van der Waals surface area (Å²) in [6, 6.07) is 8.17. The van der Waals surface area contributed by atoms with Gasteiger partial charge in [0.05, 0.1) is 36.5 Å². The summed E-state index contributed by atoms with van der Waals surface area (Å²) in [5, 5.41) is 18.4. The Hall–Kier alpha value is -4.06. The van der Waals surface area contributed by atoms with Gasteiger partial charge in [-0.15, -0.1) is 0 Å². The van der Waals surface area contributed by atoms with Crippen molar-refractivity contribution in [2.24, 2.45) is 7.05 Å². The van der Waals surface area contributed by atoms with E-state index in [1.807, 2.05) is 0 Å². The normalized spacial score (nSPS) is 11.2. The summed E-state index contributed by atoms with van der Waals surface area (Å²) < 4.78 is 17.7. The third kappa shape index (κ3) is 6.48. The van der Waals surface area contributed by atoms with Crippen LogP contribution in [-0.4, -0.2) is 43.5 Å². The van der Waals surface area contributed by atoms with Crippen molar-refractivity contribution in [1.29, 1.82) is 0 Å². The summed E-state index contributed by atoms with van der Waals surface area (Å²) in [6.07, 6.45) is 0.882. The van der Waals surface area contributed by atoms with Gasteiger partial charge in [-0.2, -0.15) is 5.10 Å². The largest absolute Gasteiger partial charge is 0.490 e. The van der Waals surface area contributed by atoms with Gasteiger partial charge in [-0.25, -0.2) is 14.8 Å². The van der Waals surface area contributed by atoms with Crippen molar-refractivity contribution >= 4 is 17.6 Å². The fourth-order valence-corrected chi connectivity index (χ4v) is 3.05. The maximum Gasteiger partial charge on any atom is 0.413 e. The number of nitro groups is 1. The van der Waals surface area contributed by atoms with Crippen LogP contribution in [0.2, 0.25) is 0 Å². The molecule has 0 saturated heterocycles. The fourth-order valence-electron chi connectivity index (χ4n) is 3.05. The molecule has 0 radical (unpaired) electrons. The molecule has 180 valence electrons. The van der Waals surface area contributed by atoms with E-state index in [2.05, 4.69) is 20.4 Å². The van der Waals surface area contributed by atoms with Crippen molar-refractivity contribution in [1.82, 2.24) is 19.7 Å². The number of carbonyl (C=O) groups is 1. The minimum absolute atomic E-state index is 0.0655. The second kappa shape index (κ2) is 10.3. The Morgan fingerprint density at radius 3 is 2.62 bits per heavy atom. The zero-order valence-corrected chi connectivity index (χ0v) is 19.6. The van der Waals surface area contributed by atoms with E-state index in [4.69, 9.17) is 14.2 Å². The SMILES string of the molecule is COc1c(-c2ncn(C)n2)cc(COCc2cccc(NC(=O)OC(C)(C)C)n2)cc1[N+](=O)[O-]. The summed E-state index contributed by atoms with van der Waals surface area (Å²) in [4.78, 5) is 31.5. The average Bonchev–Trinajstić information content (AvgIpc) is 3.18. The van der Waals surface area contributed by atoms with Gasteiger partial charge in [-0.3, -0.25) is 20.1 Å². The Morgan fingerprint density at radius 1 is 1.24 bits per heavy atom. The second-order valence-electron chi connectivity index (χ2n) is 8.33. The first kappa shape index (κ1) is 24.6. The number of nitro benzene ring substituents is 1. The number of nitrogens with one attached hydrogen (secondary N) is 1. The monoisotopic (exact) mass is 470 g/mol. The fraction of sp³-hybridized carbons (Fsp3) is 0.364. The Morgan fingerprint density at radius 2 is 2.00 bits per heavy atom. The first-order valence-corrected chi connectivity index (χ1v) is 10.3. The smallest absolute Gasteiger partial charge is 0.413 e. The highest BCUT2D eigenvalue weighted by Crippen LogP contribution is 2.37. The molecule has 0 spiro atoms. The number of carbonyl (C=O) groups excluding carboxylic acids is 1. The molecule has 1 aromatic carbocycles. The predicted octanol–water partition coefficient (Wildman–Crippen LogP) is 3.86. The lowest BCUT2D eigenvalue weighted by Crippen LogP contribution is -2.27. The summed E-state index contributed by atoms with van der Waals surface area (Å²) >= 11 is 0. The van der Waals surface area contributed by atoms with E-state index in [0.717, 1.165) is 0 Å². The molecule has 0 aliphatic rings. The number of methoxy groups -OCH3 is 1. The van der Waals surface area contributed by atoms with Crippen LogP contribution in [-0.2, 0) is 29.7 Å². The van der Waals surface area contributed by atoms with Crippen LogP contribution in [0, 0.1) is 10.1 Å². The zero-order valence-electron chi connectivity index (χ0n) is 19.6. The van der Waals surface area contributed by atoms with E-state index >= 15 is 0 Å². The Kier molecular flexibility index (Phi) is 7.41. The maximum atomic E-state index is 11.9. The highest BCUT2D eigenvalue weighted by molar-refractivity contribution is 5.83. The van der Waals surface area contributed by atoms with Crippen LogP contribution in [0.25, 0.3) is 11.4 Å². The van der Waals surface area contributed by atoms with Gasteiger partial charge < -0.3 is 14.2 Å². The van der Waals surface area contributed by atoms with Crippen LogP contribution < -0.4 is 10.1 Å². The third-order valence-electron chi connectivity index (χ3n) is 4.32. The van der Waals surface area contributed by atoms with Crippen molar-refractivity contribution in [3.8, 4) is 17.1 Å². The number of pyridine rings is 1. The van der Waals surface area contributed by atoms with E-state index < -0.39 is 16.6 Å². The molecule has 0 bridgehead atoms. The standard InChI is InChI=1S/C22H26N6O6/c1-22(2,3)34-21(29)25-18-8-6-7-15(24-18)12-33-11-14-9-16(20-23-13-27(4)26-20)19(32-5)17(10-14)28(30)31/h6-10,13H,11-12H2,1-5H3,(H,24,25,29). The van der Waals surface area contributed by atoms with Crippen LogP contribution in [0.15, 0.2) is 36.7 Å². The molecule has 0 unspecified atom stereocenters. The first-order chi connectivity index (χ1) is 16.1. The third-order valence-corrected chi connectivity index (χ3v) is 4.32. The van der Waals surface area contributed by atoms with E-state index in [1.165, 1.54) is 24.2 Å². The molecular weight excluding hydrogens is 444 g/mol. The molecular formula is C22H26N6O6. The van der Waals surface area contributed by atoms with E-state index in [1.54, 1.807) is 52.1 Å². The molecule has 0 fully saturated rings. The van der Waals surface area contributed by atoms with Crippen molar-refractivity contribution in [3.63, 3.8) is 0 Å². The van der Waals surface area contributed by atoms with Crippen LogP contribution in [0.1, 0.15) is 32.0 Å². The van der Waals surface area contributed by atoms with E-state index in [9.17, 15) is 14.9 Å². The molecule has 1 amide bonds. The molecule has 34 heavy (non-hydrogen) atoms.